The highest BCUT2D eigenvalue weighted by Crippen LogP contribution is 2.29. The molecular formula is C12H22N2O3S. The highest BCUT2D eigenvalue weighted by molar-refractivity contribution is 7.98. The Morgan fingerprint density at radius 3 is 2.44 bits per heavy atom. The molecule has 0 spiro atoms. The zero-order chi connectivity index (χ0) is 13.6. The van der Waals surface area contributed by atoms with Crippen molar-refractivity contribution in [1.82, 2.24) is 10.6 Å². The molecule has 3 N–H and O–H groups in total. The largest absolute Gasteiger partial charge is 0.480 e. The summed E-state index contributed by atoms with van der Waals surface area (Å²) in [7, 11) is 0. The number of carbonyl (C=O) groups excluding carboxylic acids is 1. The van der Waals surface area contributed by atoms with Crippen LogP contribution in [0.25, 0.3) is 0 Å². The van der Waals surface area contributed by atoms with Crippen molar-refractivity contribution in [2.24, 2.45) is 0 Å². The Hall–Kier alpha value is -0.910. The van der Waals surface area contributed by atoms with E-state index in [2.05, 4.69) is 10.6 Å². The van der Waals surface area contributed by atoms with Crippen LogP contribution in [0, 0.1) is 0 Å². The number of hydrogen-bond acceptors (Lipinski definition) is 3. The first-order valence-electron chi connectivity index (χ1n) is 6.35. The molecule has 1 aliphatic rings. The Bertz CT molecular complexity index is 304. The first-order chi connectivity index (χ1) is 8.54. The van der Waals surface area contributed by atoms with E-state index in [0.29, 0.717) is 12.8 Å². The Morgan fingerprint density at radius 1 is 1.39 bits per heavy atom. The van der Waals surface area contributed by atoms with Crippen molar-refractivity contribution >= 4 is 23.8 Å². The van der Waals surface area contributed by atoms with Gasteiger partial charge >= 0.3 is 12.0 Å². The molecule has 2 amide bonds. The summed E-state index contributed by atoms with van der Waals surface area (Å²) >= 11 is 1.67. The van der Waals surface area contributed by atoms with Crippen LogP contribution in [0.2, 0.25) is 0 Å². The predicted octanol–water partition coefficient (Wildman–Crippen LogP) is 1.82. The molecule has 104 valence electrons. The van der Waals surface area contributed by atoms with E-state index in [-0.39, 0.29) is 12.1 Å². The van der Waals surface area contributed by atoms with Crippen molar-refractivity contribution < 1.29 is 14.7 Å². The average molecular weight is 274 g/mol. The first kappa shape index (κ1) is 15.1. The number of amides is 2. The van der Waals surface area contributed by atoms with E-state index in [1.807, 2.05) is 13.2 Å². The van der Waals surface area contributed by atoms with Crippen LogP contribution in [-0.4, -0.2) is 40.7 Å². The van der Waals surface area contributed by atoms with Gasteiger partial charge in [0.05, 0.1) is 0 Å². The summed E-state index contributed by atoms with van der Waals surface area (Å²) in [5.41, 5.74) is -1.05. The molecule has 1 fully saturated rings. The summed E-state index contributed by atoms with van der Waals surface area (Å²) in [4.78, 5) is 23.2. The third-order valence-electron chi connectivity index (χ3n) is 3.42. The topological polar surface area (TPSA) is 78.4 Å². The highest BCUT2D eigenvalue weighted by Gasteiger charge is 2.42. The molecule has 0 saturated heterocycles. The minimum atomic E-state index is -1.05. The van der Waals surface area contributed by atoms with Crippen molar-refractivity contribution in [1.29, 1.82) is 0 Å². The second-order valence-electron chi connectivity index (χ2n) is 4.75. The van der Waals surface area contributed by atoms with E-state index in [9.17, 15) is 14.7 Å². The van der Waals surface area contributed by atoms with Gasteiger partial charge in [0.15, 0.2) is 0 Å². The molecule has 0 aliphatic heterocycles. The third-order valence-corrected chi connectivity index (χ3v) is 4.15. The Morgan fingerprint density at radius 2 is 2.00 bits per heavy atom. The van der Waals surface area contributed by atoms with Gasteiger partial charge in [-0.05, 0) is 25.5 Å². The summed E-state index contributed by atoms with van der Waals surface area (Å²) in [6, 6.07) is -0.271. The maximum absolute atomic E-state index is 11.9. The first-order valence-corrected chi connectivity index (χ1v) is 7.74. The van der Waals surface area contributed by atoms with Crippen LogP contribution in [0.1, 0.15) is 39.0 Å². The number of carboxylic acids is 1. The van der Waals surface area contributed by atoms with Crippen molar-refractivity contribution in [3.63, 3.8) is 0 Å². The van der Waals surface area contributed by atoms with Gasteiger partial charge in [0.2, 0.25) is 0 Å². The second-order valence-corrected chi connectivity index (χ2v) is 5.66. The quantitative estimate of drug-likeness (QED) is 0.690. The third kappa shape index (κ3) is 3.80. The van der Waals surface area contributed by atoms with Crippen LogP contribution in [-0.2, 0) is 4.79 Å². The lowest BCUT2D eigenvalue weighted by atomic mass is 9.98. The normalized spacial score (nSPS) is 19.2. The number of urea groups is 1. The van der Waals surface area contributed by atoms with E-state index in [1.165, 1.54) is 0 Å². The number of hydrogen-bond donors (Lipinski definition) is 3. The summed E-state index contributed by atoms with van der Waals surface area (Å²) in [5, 5.41) is 14.8. The number of carbonyl (C=O) groups is 2. The maximum atomic E-state index is 11.9. The van der Waals surface area contributed by atoms with Gasteiger partial charge in [-0.15, -0.1) is 0 Å². The van der Waals surface area contributed by atoms with Crippen molar-refractivity contribution in [3.8, 4) is 0 Å². The predicted molar refractivity (Wildman–Crippen MR) is 73.0 cm³/mol. The van der Waals surface area contributed by atoms with Crippen LogP contribution in [0.4, 0.5) is 4.79 Å². The lowest BCUT2D eigenvalue weighted by molar-refractivity contribution is -0.144. The van der Waals surface area contributed by atoms with Crippen molar-refractivity contribution in [3.05, 3.63) is 0 Å². The number of thioether (sulfide) groups is 1. The van der Waals surface area contributed by atoms with E-state index in [1.54, 1.807) is 11.8 Å². The number of aliphatic carboxylic acids is 1. The van der Waals surface area contributed by atoms with E-state index >= 15 is 0 Å². The van der Waals surface area contributed by atoms with Crippen LogP contribution >= 0.6 is 11.8 Å². The maximum Gasteiger partial charge on any atom is 0.329 e. The van der Waals surface area contributed by atoms with Crippen LogP contribution in [0.3, 0.4) is 0 Å². The molecule has 0 aromatic heterocycles. The molecule has 0 radical (unpaired) electrons. The minimum absolute atomic E-state index is 0.0900. The van der Waals surface area contributed by atoms with Crippen LogP contribution in [0.15, 0.2) is 0 Å². The summed E-state index contributed by atoms with van der Waals surface area (Å²) < 4.78 is 0. The van der Waals surface area contributed by atoms with Gasteiger partial charge < -0.3 is 15.7 Å². The molecule has 1 aliphatic carbocycles. The molecule has 0 heterocycles. The molecule has 6 heteroatoms. The molecule has 0 bridgehead atoms. The zero-order valence-electron chi connectivity index (χ0n) is 11.0. The molecule has 5 nitrogen and oxygen atoms in total. The molecule has 0 aromatic rings. The molecule has 1 saturated carbocycles. The van der Waals surface area contributed by atoms with Crippen LogP contribution < -0.4 is 10.6 Å². The Kier molecular flexibility index (Phi) is 5.78. The molecule has 0 aromatic carbocycles. The lowest BCUT2D eigenvalue weighted by Gasteiger charge is -2.27. The second kappa shape index (κ2) is 6.87. The summed E-state index contributed by atoms with van der Waals surface area (Å²) in [5.74, 6) is -0.0858. The Balaban J connectivity index is 2.54. The molecule has 1 atom stereocenters. The number of nitrogens with one attached hydrogen (secondary N) is 2. The average Bonchev–Trinajstić information content (AvgIpc) is 2.78. The van der Waals surface area contributed by atoms with Gasteiger partial charge in [-0.1, -0.05) is 19.8 Å². The fourth-order valence-electron chi connectivity index (χ4n) is 2.27. The van der Waals surface area contributed by atoms with E-state index in [4.69, 9.17) is 0 Å². The number of rotatable bonds is 6. The fraction of sp³-hybridized carbons (Fsp3) is 0.833. The smallest absolute Gasteiger partial charge is 0.329 e. The van der Waals surface area contributed by atoms with E-state index < -0.39 is 11.5 Å². The van der Waals surface area contributed by atoms with E-state index in [0.717, 1.165) is 25.0 Å². The Labute approximate surface area is 112 Å². The van der Waals surface area contributed by atoms with Gasteiger partial charge in [-0.25, -0.2) is 9.59 Å². The molecular weight excluding hydrogens is 252 g/mol. The van der Waals surface area contributed by atoms with Gasteiger partial charge in [0.25, 0.3) is 0 Å². The van der Waals surface area contributed by atoms with Gasteiger partial charge in [0.1, 0.15) is 5.54 Å². The van der Waals surface area contributed by atoms with Gasteiger partial charge in [-0.2, -0.15) is 11.8 Å². The summed E-state index contributed by atoms with van der Waals surface area (Å²) in [6.07, 6.45) is 5.58. The fourth-order valence-corrected chi connectivity index (χ4v) is 2.99. The van der Waals surface area contributed by atoms with Gasteiger partial charge in [0, 0.05) is 11.8 Å². The zero-order valence-corrected chi connectivity index (χ0v) is 11.8. The monoisotopic (exact) mass is 274 g/mol. The van der Waals surface area contributed by atoms with Crippen LogP contribution in [0.5, 0.6) is 0 Å². The highest BCUT2D eigenvalue weighted by atomic mass is 32.2. The van der Waals surface area contributed by atoms with Gasteiger partial charge in [-0.3, -0.25) is 0 Å². The SMILES string of the molecule is CCC(CSC)NC(=O)NC1(C(=O)O)CCCC1. The minimum Gasteiger partial charge on any atom is -0.480 e. The van der Waals surface area contributed by atoms with Crippen molar-refractivity contribution in [2.45, 2.75) is 50.6 Å². The van der Waals surface area contributed by atoms with Crippen molar-refractivity contribution in [2.75, 3.05) is 12.0 Å². The number of carboxylic acid groups (broad SMARTS) is 1. The molecule has 1 rings (SSSR count). The lowest BCUT2D eigenvalue weighted by Crippen LogP contribution is -2.57. The summed E-state index contributed by atoms with van der Waals surface area (Å²) in [6.45, 7) is 2.00. The molecule has 1 unspecified atom stereocenters. The molecule has 18 heavy (non-hydrogen) atoms. The standard InChI is InChI=1S/C12H22N2O3S/c1-3-9(8-18-2)13-11(17)14-12(10(15)16)6-4-5-7-12/h9H,3-8H2,1-2H3,(H,15,16)(H2,13,14,17).